The first-order valence-electron chi connectivity index (χ1n) is 10.4. The molecular formula is C24H30O8. The average Bonchev–Trinajstić information content (AvgIpc) is 3.44. The number of fused-ring (bicyclic) bond motifs is 1. The van der Waals surface area contributed by atoms with Crippen LogP contribution in [0.1, 0.15) is 23.3 Å². The molecule has 0 saturated carbocycles. The fraction of sp³-hybridized carbons (Fsp3) is 0.500. The monoisotopic (exact) mass is 446 g/mol. The molecule has 2 aliphatic heterocycles. The molecule has 2 fully saturated rings. The van der Waals surface area contributed by atoms with Crippen molar-refractivity contribution in [1.29, 1.82) is 0 Å². The smallest absolute Gasteiger partial charge is 0.203 e. The summed E-state index contributed by atoms with van der Waals surface area (Å²) >= 11 is 0. The molecule has 0 aliphatic carbocycles. The van der Waals surface area contributed by atoms with E-state index >= 15 is 0 Å². The molecule has 2 unspecified atom stereocenters. The third-order valence-corrected chi connectivity index (χ3v) is 6.30. The van der Waals surface area contributed by atoms with Gasteiger partial charge in [-0.3, -0.25) is 0 Å². The summed E-state index contributed by atoms with van der Waals surface area (Å²) in [4.78, 5) is 0. The molecule has 174 valence electrons. The lowest BCUT2D eigenvalue weighted by Crippen LogP contribution is -2.15. The normalized spacial score (nSPS) is 24.1. The molecule has 2 heterocycles. The van der Waals surface area contributed by atoms with Crippen LogP contribution in [0.25, 0.3) is 0 Å². The van der Waals surface area contributed by atoms with Gasteiger partial charge in [-0.05, 0) is 35.4 Å². The Kier molecular flexibility index (Phi) is 6.53. The zero-order chi connectivity index (χ0) is 22.8. The van der Waals surface area contributed by atoms with Gasteiger partial charge in [-0.15, -0.1) is 0 Å². The standard InChI is InChI=1S/C24H30O8/c1-25-17-7-13(8-18(26-2)23(17)29-5)21-15-11-32-22(16(15)12-31-21)14-9-19(27-3)24(30-6)20(10-14)28-4/h7-10,15-16,21-22H,11-12H2,1-6H3/t15-,16?,21?,22+/m1/s1. The number of methoxy groups -OCH3 is 6. The molecule has 0 aromatic heterocycles. The van der Waals surface area contributed by atoms with Crippen LogP contribution in [0.5, 0.6) is 34.5 Å². The van der Waals surface area contributed by atoms with Crippen LogP contribution in [-0.2, 0) is 9.47 Å². The molecule has 0 radical (unpaired) electrons. The van der Waals surface area contributed by atoms with E-state index in [2.05, 4.69) is 0 Å². The minimum atomic E-state index is -0.138. The van der Waals surface area contributed by atoms with Gasteiger partial charge in [0, 0.05) is 11.8 Å². The summed E-state index contributed by atoms with van der Waals surface area (Å²) in [6.07, 6.45) is -0.276. The van der Waals surface area contributed by atoms with E-state index in [0.717, 1.165) is 11.1 Å². The molecule has 0 N–H and O–H groups in total. The topological polar surface area (TPSA) is 73.8 Å². The van der Waals surface area contributed by atoms with E-state index in [0.29, 0.717) is 47.7 Å². The zero-order valence-electron chi connectivity index (χ0n) is 19.3. The number of hydrogen-bond donors (Lipinski definition) is 0. The van der Waals surface area contributed by atoms with Crippen molar-refractivity contribution in [3.63, 3.8) is 0 Å². The molecule has 2 aromatic carbocycles. The highest BCUT2D eigenvalue weighted by Crippen LogP contribution is 2.53. The summed E-state index contributed by atoms with van der Waals surface area (Å²) in [5.41, 5.74) is 1.95. The minimum Gasteiger partial charge on any atom is -0.493 e. The Bertz CT molecular complexity index is 832. The van der Waals surface area contributed by atoms with Crippen LogP contribution in [-0.4, -0.2) is 55.9 Å². The SMILES string of the molecule is COc1cc(C2OCC3[C@H]2CO[C@H]3c2cc(OC)c(OC)c(OC)c2)cc(OC)c1OC. The second kappa shape index (κ2) is 9.34. The van der Waals surface area contributed by atoms with Gasteiger partial charge in [0.25, 0.3) is 0 Å². The van der Waals surface area contributed by atoms with E-state index in [1.807, 2.05) is 24.3 Å². The van der Waals surface area contributed by atoms with Crippen molar-refractivity contribution >= 4 is 0 Å². The van der Waals surface area contributed by atoms with Crippen LogP contribution >= 0.6 is 0 Å². The zero-order valence-corrected chi connectivity index (χ0v) is 19.3. The lowest BCUT2D eigenvalue weighted by molar-refractivity contribution is 0.0190. The largest absolute Gasteiger partial charge is 0.493 e. The Hall–Kier alpha value is -2.84. The van der Waals surface area contributed by atoms with Crippen LogP contribution in [0.2, 0.25) is 0 Å². The predicted molar refractivity (Wildman–Crippen MR) is 117 cm³/mol. The summed E-state index contributed by atoms with van der Waals surface area (Å²) in [5, 5.41) is 0. The number of ether oxygens (including phenoxy) is 8. The van der Waals surface area contributed by atoms with Gasteiger partial charge in [0.15, 0.2) is 23.0 Å². The molecule has 8 nitrogen and oxygen atoms in total. The molecule has 2 saturated heterocycles. The van der Waals surface area contributed by atoms with Gasteiger partial charge in [-0.1, -0.05) is 0 Å². The van der Waals surface area contributed by atoms with Gasteiger partial charge >= 0.3 is 0 Å². The third kappa shape index (κ3) is 3.67. The van der Waals surface area contributed by atoms with Gasteiger partial charge in [0.2, 0.25) is 11.5 Å². The van der Waals surface area contributed by atoms with E-state index in [1.165, 1.54) is 0 Å². The van der Waals surface area contributed by atoms with Crippen LogP contribution in [0.4, 0.5) is 0 Å². The Morgan fingerprint density at radius 2 is 0.844 bits per heavy atom. The Morgan fingerprint density at radius 1 is 0.531 bits per heavy atom. The highest BCUT2D eigenvalue weighted by molar-refractivity contribution is 5.55. The molecule has 4 atom stereocenters. The van der Waals surface area contributed by atoms with Crippen molar-refractivity contribution in [2.24, 2.45) is 11.8 Å². The van der Waals surface area contributed by atoms with Crippen LogP contribution in [0.15, 0.2) is 24.3 Å². The van der Waals surface area contributed by atoms with E-state index in [-0.39, 0.29) is 24.0 Å². The van der Waals surface area contributed by atoms with Gasteiger partial charge in [0.05, 0.1) is 68.1 Å². The van der Waals surface area contributed by atoms with Gasteiger partial charge in [-0.2, -0.15) is 0 Å². The first kappa shape index (κ1) is 22.4. The van der Waals surface area contributed by atoms with Crippen LogP contribution in [0.3, 0.4) is 0 Å². The van der Waals surface area contributed by atoms with Gasteiger partial charge in [-0.25, -0.2) is 0 Å². The van der Waals surface area contributed by atoms with Crippen molar-refractivity contribution in [2.75, 3.05) is 55.9 Å². The maximum Gasteiger partial charge on any atom is 0.203 e. The Balaban J connectivity index is 1.64. The van der Waals surface area contributed by atoms with Crippen molar-refractivity contribution in [1.82, 2.24) is 0 Å². The highest BCUT2D eigenvalue weighted by Gasteiger charge is 2.48. The summed E-state index contributed by atoms with van der Waals surface area (Å²) in [6.45, 7) is 1.15. The highest BCUT2D eigenvalue weighted by atomic mass is 16.5. The van der Waals surface area contributed by atoms with Crippen LogP contribution in [0, 0.1) is 11.8 Å². The maximum absolute atomic E-state index is 6.27. The summed E-state index contributed by atoms with van der Waals surface area (Å²) in [5.74, 6) is 3.91. The summed E-state index contributed by atoms with van der Waals surface area (Å²) in [7, 11) is 9.62. The fourth-order valence-electron chi connectivity index (χ4n) is 4.77. The van der Waals surface area contributed by atoms with Crippen molar-refractivity contribution < 1.29 is 37.9 Å². The Labute approximate surface area is 188 Å². The average molecular weight is 446 g/mol. The van der Waals surface area contributed by atoms with Gasteiger partial charge < -0.3 is 37.9 Å². The van der Waals surface area contributed by atoms with Crippen molar-refractivity contribution in [3.05, 3.63) is 35.4 Å². The predicted octanol–water partition coefficient (Wildman–Crippen LogP) is 3.81. The molecule has 0 spiro atoms. The Morgan fingerprint density at radius 3 is 1.09 bits per heavy atom. The quantitative estimate of drug-likeness (QED) is 0.606. The van der Waals surface area contributed by atoms with Gasteiger partial charge in [0.1, 0.15) is 0 Å². The summed E-state index contributed by atoms with van der Waals surface area (Å²) in [6, 6.07) is 7.78. The minimum absolute atomic E-state index is 0.138. The summed E-state index contributed by atoms with van der Waals surface area (Å²) < 4.78 is 45.5. The lowest BCUT2D eigenvalue weighted by Gasteiger charge is -2.20. The number of rotatable bonds is 8. The first-order chi connectivity index (χ1) is 15.6. The molecule has 0 amide bonds. The van der Waals surface area contributed by atoms with E-state index in [1.54, 1.807) is 42.7 Å². The molecule has 4 rings (SSSR count). The van der Waals surface area contributed by atoms with E-state index < -0.39 is 0 Å². The number of hydrogen-bond acceptors (Lipinski definition) is 8. The van der Waals surface area contributed by atoms with Crippen molar-refractivity contribution in [2.45, 2.75) is 12.2 Å². The molecular weight excluding hydrogens is 416 g/mol. The fourth-order valence-corrected chi connectivity index (χ4v) is 4.77. The number of benzene rings is 2. The molecule has 0 bridgehead atoms. The van der Waals surface area contributed by atoms with Crippen molar-refractivity contribution in [3.8, 4) is 34.5 Å². The second-order valence-electron chi connectivity index (χ2n) is 7.75. The second-order valence-corrected chi connectivity index (χ2v) is 7.75. The van der Waals surface area contributed by atoms with E-state index in [9.17, 15) is 0 Å². The van der Waals surface area contributed by atoms with E-state index in [4.69, 9.17) is 37.9 Å². The molecule has 32 heavy (non-hydrogen) atoms. The first-order valence-corrected chi connectivity index (χ1v) is 10.4. The third-order valence-electron chi connectivity index (χ3n) is 6.30. The lowest BCUT2D eigenvalue weighted by atomic mass is 9.84. The molecule has 8 heteroatoms. The molecule has 2 aromatic rings. The maximum atomic E-state index is 6.27. The van der Waals surface area contributed by atoms with Crippen LogP contribution < -0.4 is 28.4 Å². The molecule has 2 aliphatic rings.